The van der Waals surface area contributed by atoms with Gasteiger partial charge < -0.3 is 19.3 Å². The van der Waals surface area contributed by atoms with Gasteiger partial charge in [-0.15, -0.1) is 0 Å². The normalized spacial score (nSPS) is 20.0. The van der Waals surface area contributed by atoms with E-state index in [0.717, 1.165) is 31.4 Å². The summed E-state index contributed by atoms with van der Waals surface area (Å²) in [7, 11) is 0. The van der Waals surface area contributed by atoms with Crippen LogP contribution in [-0.4, -0.2) is 30.3 Å². The standard InChI is InChI=1S/C15H19ClO5/c16-12-5-7-13(8-6-12)19-10-4-2-1-3-9-15(11-20-15)21-14(17)18/h5-8H,1-4,9-11H2,(H,17,18)/t15-/m1/s1. The lowest BCUT2D eigenvalue weighted by molar-refractivity contribution is -0.0245. The third-order valence-electron chi connectivity index (χ3n) is 3.27. The van der Waals surface area contributed by atoms with Crippen LogP contribution in [0.3, 0.4) is 0 Å². The van der Waals surface area contributed by atoms with Gasteiger partial charge in [0.2, 0.25) is 5.79 Å². The summed E-state index contributed by atoms with van der Waals surface area (Å²) in [6, 6.07) is 7.29. The van der Waals surface area contributed by atoms with Gasteiger partial charge in [-0.3, -0.25) is 0 Å². The molecule has 1 atom stereocenters. The van der Waals surface area contributed by atoms with E-state index in [4.69, 9.17) is 30.9 Å². The fourth-order valence-electron chi connectivity index (χ4n) is 2.06. The number of hydrogen-bond acceptors (Lipinski definition) is 4. The number of halogens is 1. The van der Waals surface area contributed by atoms with Gasteiger partial charge in [0.05, 0.1) is 6.61 Å². The van der Waals surface area contributed by atoms with E-state index >= 15 is 0 Å². The molecule has 0 amide bonds. The first kappa shape index (κ1) is 15.9. The van der Waals surface area contributed by atoms with Crippen molar-refractivity contribution in [2.75, 3.05) is 13.2 Å². The van der Waals surface area contributed by atoms with Gasteiger partial charge in [-0.2, -0.15) is 0 Å². The van der Waals surface area contributed by atoms with Crippen molar-refractivity contribution in [1.82, 2.24) is 0 Å². The van der Waals surface area contributed by atoms with Crippen LogP contribution in [0.5, 0.6) is 5.75 Å². The summed E-state index contributed by atoms with van der Waals surface area (Å²) in [5.41, 5.74) is 0. The molecule has 1 N–H and O–H groups in total. The van der Waals surface area contributed by atoms with Gasteiger partial charge in [0.1, 0.15) is 12.4 Å². The van der Waals surface area contributed by atoms with Crippen LogP contribution in [0.15, 0.2) is 24.3 Å². The molecule has 0 spiro atoms. The van der Waals surface area contributed by atoms with Crippen LogP contribution in [0.4, 0.5) is 4.79 Å². The van der Waals surface area contributed by atoms with Crippen LogP contribution in [0, 0.1) is 0 Å². The van der Waals surface area contributed by atoms with E-state index in [0.29, 0.717) is 24.7 Å². The minimum absolute atomic E-state index is 0.374. The van der Waals surface area contributed by atoms with Gasteiger partial charge in [-0.1, -0.05) is 24.4 Å². The van der Waals surface area contributed by atoms with Crippen molar-refractivity contribution in [3.05, 3.63) is 29.3 Å². The summed E-state index contributed by atoms with van der Waals surface area (Å²) in [6.07, 6.45) is 3.21. The van der Waals surface area contributed by atoms with Crippen LogP contribution < -0.4 is 4.74 Å². The summed E-state index contributed by atoms with van der Waals surface area (Å²) in [5, 5.41) is 9.26. The minimum Gasteiger partial charge on any atom is -0.494 e. The SMILES string of the molecule is O=C(O)O[C@]1(CCCCCCOc2ccc(Cl)cc2)CO1. The lowest BCUT2D eigenvalue weighted by Gasteiger charge is -2.10. The Kier molecular flexibility index (Phi) is 5.70. The molecule has 116 valence electrons. The Labute approximate surface area is 128 Å². The zero-order chi connectivity index (χ0) is 15.1. The lowest BCUT2D eigenvalue weighted by Crippen LogP contribution is -2.19. The summed E-state index contributed by atoms with van der Waals surface area (Å²) in [4.78, 5) is 10.5. The topological polar surface area (TPSA) is 68.3 Å². The summed E-state index contributed by atoms with van der Waals surface area (Å²) >= 11 is 5.79. The van der Waals surface area contributed by atoms with Crippen molar-refractivity contribution >= 4 is 17.8 Å². The predicted octanol–water partition coefficient (Wildman–Crippen LogP) is 4.09. The Morgan fingerprint density at radius 2 is 1.90 bits per heavy atom. The second-order valence-electron chi connectivity index (χ2n) is 5.03. The summed E-state index contributed by atoms with van der Waals surface area (Å²) in [5.74, 6) is -0.0364. The van der Waals surface area contributed by atoms with E-state index in [2.05, 4.69) is 0 Å². The number of carbonyl (C=O) groups is 1. The minimum atomic E-state index is -1.27. The molecule has 0 unspecified atom stereocenters. The second-order valence-corrected chi connectivity index (χ2v) is 5.47. The van der Waals surface area contributed by atoms with Crippen LogP contribution >= 0.6 is 11.6 Å². The van der Waals surface area contributed by atoms with E-state index in [-0.39, 0.29) is 0 Å². The molecule has 1 aromatic carbocycles. The van der Waals surface area contributed by atoms with Crippen LogP contribution in [0.25, 0.3) is 0 Å². The van der Waals surface area contributed by atoms with E-state index < -0.39 is 11.9 Å². The molecular formula is C15H19ClO5. The van der Waals surface area contributed by atoms with Gasteiger partial charge in [0.25, 0.3) is 0 Å². The van der Waals surface area contributed by atoms with Crippen molar-refractivity contribution in [2.24, 2.45) is 0 Å². The Balaban J connectivity index is 1.49. The van der Waals surface area contributed by atoms with Crippen LogP contribution in [0.1, 0.15) is 32.1 Å². The quantitative estimate of drug-likeness (QED) is 0.422. The average Bonchev–Trinajstić information content (AvgIpc) is 3.19. The highest BCUT2D eigenvalue weighted by atomic mass is 35.5. The van der Waals surface area contributed by atoms with Crippen LogP contribution in [-0.2, 0) is 9.47 Å². The second kappa shape index (κ2) is 7.52. The highest BCUT2D eigenvalue weighted by Crippen LogP contribution is 2.34. The zero-order valence-corrected chi connectivity index (χ0v) is 12.5. The van der Waals surface area contributed by atoms with Gasteiger partial charge in [0, 0.05) is 11.4 Å². The maximum Gasteiger partial charge on any atom is 0.508 e. The first-order chi connectivity index (χ1) is 10.1. The third-order valence-corrected chi connectivity index (χ3v) is 3.53. The Bertz CT molecular complexity index is 456. The number of rotatable bonds is 9. The molecule has 0 bridgehead atoms. The molecule has 1 aliphatic rings. The number of epoxide rings is 1. The molecule has 1 saturated heterocycles. The maximum atomic E-state index is 10.5. The monoisotopic (exact) mass is 314 g/mol. The number of ether oxygens (including phenoxy) is 3. The summed E-state index contributed by atoms with van der Waals surface area (Å²) < 4.78 is 15.4. The fraction of sp³-hybridized carbons (Fsp3) is 0.533. The number of carboxylic acid groups (broad SMARTS) is 1. The third kappa shape index (κ3) is 5.81. The number of benzene rings is 1. The molecule has 1 aliphatic heterocycles. The molecular weight excluding hydrogens is 296 g/mol. The maximum absolute atomic E-state index is 10.5. The Morgan fingerprint density at radius 3 is 2.52 bits per heavy atom. The van der Waals surface area contributed by atoms with Gasteiger partial charge in [0.15, 0.2) is 0 Å². The molecule has 0 aliphatic carbocycles. The van der Waals surface area contributed by atoms with Crippen molar-refractivity contribution in [1.29, 1.82) is 0 Å². The van der Waals surface area contributed by atoms with E-state index in [1.54, 1.807) is 12.1 Å². The fourth-order valence-corrected chi connectivity index (χ4v) is 2.19. The molecule has 1 fully saturated rings. The smallest absolute Gasteiger partial charge is 0.494 e. The van der Waals surface area contributed by atoms with Crippen molar-refractivity contribution in [3.63, 3.8) is 0 Å². The molecule has 1 aromatic rings. The largest absolute Gasteiger partial charge is 0.508 e. The van der Waals surface area contributed by atoms with Gasteiger partial charge in [-0.05, 0) is 37.1 Å². The Morgan fingerprint density at radius 1 is 1.24 bits per heavy atom. The zero-order valence-electron chi connectivity index (χ0n) is 11.7. The average molecular weight is 315 g/mol. The van der Waals surface area contributed by atoms with Crippen LogP contribution in [0.2, 0.25) is 5.02 Å². The molecule has 0 radical (unpaired) electrons. The van der Waals surface area contributed by atoms with Crippen molar-refractivity contribution in [3.8, 4) is 5.75 Å². The lowest BCUT2D eigenvalue weighted by atomic mass is 10.1. The molecule has 6 heteroatoms. The highest BCUT2D eigenvalue weighted by Gasteiger charge is 2.48. The first-order valence-corrected chi connectivity index (χ1v) is 7.42. The van der Waals surface area contributed by atoms with E-state index in [1.807, 2.05) is 12.1 Å². The molecule has 21 heavy (non-hydrogen) atoms. The van der Waals surface area contributed by atoms with E-state index in [9.17, 15) is 4.79 Å². The van der Waals surface area contributed by atoms with Crippen molar-refractivity contribution in [2.45, 2.75) is 37.9 Å². The Hall–Kier alpha value is -1.46. The summed E-state index contributed by atoms with van der Waals surface area (Å²) in [6.45, 7) is 1.04. The predicted molar refractivity (Wildman–Crippen MR) is 77.8 cm³/mol. The number of unbranched alkanes of at least 4 members (excludes halogenated alkanes) is 3. The van der Waals surface area contributed by atoms with Crippen molar-refractivity contribution < 1.29 is 24.1 Å². The molecule has 0 aromatic heterocycles. The molecule has 2 rings (SSSR count). The number of hydrogen-bond donors (Lipinski definition) is 1. The molecule has 1 heterocycles. The highest BCUT2D eigenvalue weighted by molar-refractivity contribution is 6.30. The molecule has 5 nitrogen and oxygen atoms in total. The van der Waals surface area contributed by atoms with Gasteiger partial charge >= 0.3 is 6.16 Å². The molecule has 0 saturated carbocycles. The first-order valence-electron chi connectivity index (χ1n) is 7.04. The van der Waals surface area contributed by atoms with E-state index in [1.165, 1.54) is 0 Å². The van der Waals surface area contributed by atoms with Gasteiger partial charge in [-0.25, -0.2) is 4.79 Å².